The van der Waals surface area contributed by atoms with Crippen LogP contribution in [0.2, 0.25) is 0 Å². The summed E-state index contributed by atoms with van der Waals surface area (Å²) in [6.45, 7) is 2.72. The van der Waals surface area contributed by atoms with Gasteiger partial charge in [-0.05, 0) is 47.1 Å². The van der Waals surface area contributed by atoms with Crippen molar-refractivity contribution in [2.75, 3.05) is 0 Å². The van der Waals surface area contributed by atoms with Crippen molar-refractivity contribution < 1.29 is 0 Å². The number of benzene rings is 2. The first-order chi connectivity index (χ1) is 12.7. The van der Waals surface area contributed by atoms with Gasteiger partial charge in [-0.1, -0.05) is 54.6 Å². The van der Waals surface area contributed by atoms with Crippen LogP contribution in [0.15, 0.2) is 47.3 Å². The van der Waals surface area contributed by atoms with Crippen LogP contribution in [-0.4, -0.2) is 15.0 Å². The fourth-order valence-corrected chi connectivity index (χ4v) is 5.31. The molecule has 0 fully saturated rings. The lowest BCUT2D eigenvalue weighted by Gasteiger charge is -2.17. The summed E-state index contributed by atoms with van der Waals surface area (Å²) in [5, 5.41) is 11.7. The van der Waals surface area contributed by atoms with Gasteiger partial charge in [-0.25, -0.2) is 4.68 Å². The van der Waals surface area contributed by atoms with Gasteiger partial charge < -0.3 is 0 Å². The highest BCUT2D eigenvalue weighted by Gasteiger charge is 2.23. The lowest BCUT2D eigenvalue weighted by Crippen LogP contribution is -2.25. The topological polar surface area (TPSA) is 47.8 Å². The van der Waals surface area contributed by atoms with E-state index in [2.05, 4.69) is 41.5 Å². The maximum Gasteiger partial charge on any atom is 0.279 e. The Bertz CT molecular complexity index is 1190. The number of thiophene rings is 1. The molecule has 2 aromatic carbocycles. The molecular formula is C21H19N3OS. The fraction of sp³-hybridized carbons (Fsp3) is 0.286. The Morgan fingerprint density at radius 2 is 2.04 bits per heavy atom. The number of rotatable bonds is 2. The van der Waals surface area contributed by atoms with Crippen LogP contribution in [-0.2, 0) is 19.4 Å². The largest absolute Gasteiger partial charge is 0.279 e. The molecule has 5 heteroatoms. The zero-order chi connectivity index (χ0) is 17.7. The highest BCUT2D eigenvalue weighted by molar-refractivity contribution is 7.18. The highest BCUT2D eigenvalue weighted by Crippen LogP contribution is 2.35. The van der Waals surface area contributed by atoms with Gasteiger partial charge >= 0.3 is 0 Å². The van der Waals surface area contributed by atoms with Gasteiger partial charge in [0.25, 0.3) is 5.56 Å². The molecule has 0 bridgehead atoms. The van der Waals surface area contributed by atoms with Gasteiger partial charge in [0.1, 0.15) is 0 Å². The first kappa shape index (κ1) is 15.7. The first-order valence-corrected chi connectivity index (χ1v) is 9.87. The summed E-state index contributed by atoms with van der Waals surface area (Å²) in [4.78, 5) is 15.3. The zero-order valence-corrected chi connectivity index (χ0v) is 15.4. The van der Waals surface area contributed by atoms with E-state index < -0.39 is 0 Å². The van der Waals surface area contributed by atoms with Crippen LogP contribution in [0.25, 0.3) is 21.0 Å². The van der Waals surface area contributed by atoms with E-state index in [4.69, 9.17) is 0 Å². The highest BCUT2D eigenvalue weighted by atomic mass is 32.1. The monoisotopic (exact) mass is 361 g/mol. The number of hydrogen-bond acceptors (Lipinski definition) is 4. The molecule has 0 radical (unpaired) electrons. The molecule has 1 aliphatic carbocycles. The Morgan fingerprint density at radius 3 is 2.96 bits per heavy atom. The minimum Gasteiger partial charge on any atom is -0.267 e. The van der Waals surface area contributed by atoms with Gasteiger partial charge in [-0.15, -0.1) is 16.4 Å². The van der Waals surface area contributed by atoms with E-state index >= 15 is 0 Å². The van der Waals surface area contributed by atoms with Crippen molar-refractivity contribution in [3.05, 3.63) is 68.8 Å². The summed E-state index contributed by atoms with van der Waals surface area (Å²) in [6, 6.07) is 14.4. The van der Waals surface area contributed by atoms with Crippen LogP contribution in [0.3, 0.4) is 0 Å². The molecule has 0 saturated heterocycles. The predicted molar refractivity (Wildman–Crippen MR) is 106 cm³/mol. The minimum absolute atomic E-state index is 0.00464. The van der Waals surface area contributed by atoms with Crippen molar-refractivity contribution in [2.45, 2.75) is 32.7 Å². The maximum absolute atomic E-state index is 13.2. The Labute approximate surface area is 155 Å². The summed E-state index contributed by atoms with van der Waals surface area (Å²) in [7, 11) is 0. The Hall–Kier alpha value is -2.53. The third kappa shape index (κ3) is 2.46. The molecule has 2 heterocycles. The average molecular weight is 361 g/mol. The number of nitrogens with zero attached hydrogens (tertiary/aromatic N) is 3. The molecule has 4 nitrogen and oxygen atoms in total. The fourth-order valence-electron chi connectivity index (χ4n) is 3.99. The molecule has 0 amide bonds. The van der Waals surface area contributed by atoms with Gasteiger partial charge in [0.05, 0.1) is 11.9 Å². The van der Waals surface area contributed by atoms with Crippen molar-refractivity contribution in [1.29, 1.82) is 0 Å². The molecule has 130 valence electrons. The predicted octanol–water partition coefficient (Wildman–Crippen LogP) is 4.18. The van der Waals surface area contributed by atoms with E-state index in [-0.39, 0.29) is 5.56 Å². The Balaban J connectivity index is 1.64. The molecule has 0 saturated carbocycles. The SMILES string of the molecule is C[C@H]1CCc2c(sc3nnn(Cc4cccc5ccccc45)c(=O)c23)C1. The van der Waals surface area contributed by atoms with E-state index in [1.54, 1.807) is 11.3 Å². The molecule has 0 aliphatic heterocycles. The first-order valence-electron chi connectivity index (χ1n) is 9.05. The van der Waals surface area contributed by atoms with Gasteiger partial charge in [-0.3, -0.25) is 4.79 Å². The summed E-state index contributed by atoms with van der Waals surface area (Å²) < 4.78 is 1.52. The van der Waals surface area contributed by atoms with Crippen molar-refractivity contribution in [2.24, 2.45) is 5.92 Å². The number of hydrogen-bond donors (Lipinski definition) is 0. The molecule has 0 spiro atoms. The lowest BCUT2D eigenvalue weighted by atomic mass is 9.89. The van der Waals surface area contributed by atoms with E-state index in [0.29, 0.717) is 12.5 Å². The molecule has 0 unspecified atom stereocenters. The summed E-state index contributed by atoms with van der Waals surface area (Å²) in [5.41, 5.74) is 2.31. The zero-order valence-electron chi connectivity index (χ0n) is 14.6. The minimum atomic E-state index is -0.00464. The van der Waals surface area contributed by atoms with Crippen LogP contribution in [0.5, 0.6) is 0 Å². The van der Waals surface area contributed by atoms with Gasteiger partial charge in [0, 0.05) is 4.88 Å². The van der Waals surface area contributed by atoms with E-state index in [1.807, 2.05) is 18.2 Å². The van der Waals surface area contributed by atoms with Gasteiger partial charge in [0.15, 0.2) is 4.83 Å². The number of aromatic nitrogens is 3. The summed E-state index contributed by atoms with van der Waals surface area (Å²) in [6.07, 6.45) is 3.18. The normalized spacial score (nSPS) is 16.9. The third-order valence-corrected chi connectivity index (χ3v) is 6.52. The Morgan fingerprint density at radius 1 is 1.19 bits per heavy atom. The van der Waals surface area contributed by atoms with Gasteiger partial charge in [-0.2, -0.15) is 0 Å². The number of fused-ring (bicyclic) bond motifs is 4. The van der Waals surface area contributed by atoms with E-state index in [1.165, 1.54) is 20.5 Å². The van der Waals surface area contributed by atoms with E-state index in [0.717, 1.165) is 40.4 Å². The van der Waals surface area contributed by atoms with Crippen molar-refractivity contribution in [1.82, 2.24) is 15.0 Å². The standard InChI is InChI=1S/C21H19N3OS/c1-13-9-10-17-18(11-13)26-20-19(17)21(25)24(23-22-20)12-15-7-4-6-14-5-2-3-8-16(14)15/h2-8,13H,9-12H2,1H3/t13-/m0/s1. The van der Waals surface area contributed by atoms with Crippen molar-refractivity contribution >= 4 is 32.3 Å². The quantitative estimate of drug-likeness (QED) is 0.538. The van der Waals surface area contributed by atoms with Crippen LogP contribution in [0.1, 0.15) is 29.3 Å². The third-order valence-electron chi connectivity index (χ3n) is 5.38. The van der Waals surface area contributed by atoms with Crippen molar-refractivity contribution in [3.8, 4) is 0 Å². The van der Waals surface area contributed by atoms with Crippen LogP contribution in [0.4, 0.5) is 0 Å². The molecule has 4 aromatic rings. The average Bonchev–Trinajstić information content (AvgIpc) is 3.02. The van der Waals surface area contributed by atoms with E-state index in [9.17, 15) is 4.79 Å². The van der Waals surface area contributed by atoms with Gasteiger partial charge in [0.2, 0.25) is 0 Å². The summed E-state index contributed by atoms with van der Waals surface area (Å²) in [5.74, 6) is 0.682. The molecular weight excluding hydrogens is 342 g/mol. The maximum atomic E-state index is 13.2. The lowest BCUT2D eigenvalue weighted by molar-refractivity contribution is 0.508. The molecule has 26 heavy (non-hydrogen) atoms. The molecule has 0 N–H and O–H groups in total. The second-order valence-electron chi connectivity index (χ2n) is 7.22. The van der Waals surface area contributed by atoms with Crippen molar-refractivity contribution in [3.63, 3.8) is 0 Å². The molecule has 1 aliphatic rings. The van der Waals surface area contributed by atoms with Crippen LogP contribution >= 0.6 is 11.3 Å². The Kier molecular flexibility index (Phi) is 3.64. The smallest absolute Gasteiger partial charge is 0.267 e. The number of aryl methyl sites for hydroxylation is 1. The summed E-state index contributed by atoms with van der Waals surface area (Å²) >= 11 is 1.65. The van der Waals surface area contributed by atoms with Crippen LogP contribution in [0, 0.1) is 5.92 Å². The molecule has 5 rings (SSSR count). The molecule has 2 aromatic heterocycles. The second-order valence-corrected chi connectivity index (χ2v) is 8.31. The molecule has 1 atom stereocenters. The van der Waals surface area contributed by atoms with Crippen LogP contribution < -0.4 is 5.56 Å². The second kappa shape index (κ2) is 6.02.